The van der Waals surface area contributed by atoms with Crippen molar-refractivity contribution in [2.45, 2.75) is 19.7 Å². The van der Waals surface area contributed by atoms with E-state index < -0.39 is 11.7 Å². The van der Waals surface area contributed by atoms with E-state index in [1.165, 1.54) is 23.5 Å². The van der Waals surface area contributed by atoms with E-state index in [2.05, 4.69) is 5.32 Å². The van der Waals surface area contributed by atoms with Crippen molar-refractivity contribution in [2.75, 3.05) is 5.32 Å². The molecule has 0 radical (unpaired) electrons. The number of anilines is 1. The highest BCUT2D eigenvalue weighted by atomic mass is 32.1. The Balaban J connectivity index is 1.59. The number of thiophene rings is 1. The van der Waals surface area contributed by atoms with Crippen molar-refractivity contribution >= 4 is 22.9 Å². The Kier molecular flexibility index (Phi) is 5.51. The summed E-state index contributed by atoms with van der Waals surface area (Å²) in [7, 11) is 0. The maximum Gasteiger partial charge on any atom is 0.416 e. The van der Waals surface area contributed by atoms with Crippen LogP contribution in [0.3, 0.4) is 0 Å². The minimum atomic E-state index is -4.40. The highest BCUT2D eigenvalue weighted by Crippen LogP contribution is 2.30. The molecule has 0 fully saturated rings. The summed E-state index contributed by atoms with van der Waals surface area (Å²) >= 11 is 1.25. The molecule has 0 saturated carbocycles. The van der Waals surface area contributed by atoms with Crippen LogP contribution in [-0.4, -0.2) is 5.91 Å². The first-order valence-corrected chi connectivity index (χ1v) is 8.95. The molecule has 0 saturated heterocycles. The fourth-order valence-electron chi connectivity index (χ4n) is 2.38. The van der Waals surface area contributed by atoms with Crippen molar-refractivity contribution in [2.24, 2.45) is 0 Å². The Hall–Kier alpha value is -2.80. The molecule has 0 aliphatic rings. The van der Waals surface area contributed by atoms with Gasteiger partial charge in [0.1, 0.15) is 12.4 Å². The number of alkyl halides is 3. The predicted molar refractivity (Wildman–Crippen MR) is 99.2 cm³/mol. The van der Waals surface area contributed by atoms with Crippen LogP contribution in [-0.2, 0) is 12.8 Å². The van der Waals surface area contributed by atoms with Gasteiger partial charge in [0, 0.05) is 11.3 Å². The second-order valence-electron chi connectivity index (χ2n) is 5.95. The van der Waals surface area contributed by atoms with E-state index in [1.807, 2.05) is 36.6 Å². The first kappa shape index (κ1) is 19.0. The van der Waals surface area contributed by atoms with Gasteiger partial charge in [-0.25, -0.2) is 0 Å². The van der Waals surface area contributed by atoms with E-state index in [4.69, 9.17) is 4.74 Å². The molecule has 27 heavy (non-hydrogen) atoms. The van der Waals surface area contributed by atoms with Crippen molar-refractivity contribution in [3.05, 3.63) is 81.5 Å². The summed E-state index contributed by atoms with van der Waals surface area (Å²) in [6, 6.07) is 13.7. The van der Waals surface area contributed by atoms with Crippen molar-refractivity contribution in [1.82, 2.24) is 0 Å². The summed E-state index contributed by atoms with van der Waals surface area (Å²) in [5.41, 5.74) is 1.49. The van der Waals surface area contributed by atoms with E-state index in [-0.39, 0.29) is 5.91 Å². The Morgan fingerprint density at radius 1 is 1.11 bits per heavy atom. The van der Waals surface area contributed by atoms with Crippen molar-refractivity contribution in [3.63, 3.8) is 0 Å². The molecule has 0 spiro atoms. The van der Waals surface area contributed by atoms with Crippen LogP contribution in [0.1, 0.15) is 26.4 Å². The van der Waals surface area contributed by atoms with Crippen LogP contribution in [0, 0.1) is 6.92 Å². The average Bonchev–Trinajstić information content (AvgIpc) is 3.09. The Morgan fingerprint density at radius 3 is 2.52 bits per heavy atom. The molecule has 0 aliphatic heterocycles. The Bertz CT molecular complexity index is 933. The van der Waals surface area contributed by atoms with E-state index >= 15 is 0 Å². The highest BCUT2D eigenvalue weighted by molar-refractivity contribution is 7.12. The lowest BCUT2D eigenvalue weighted by molar-refractivity contribution is -0.137. The second-order valence-corrected chi connectivity index (χ2v) is 6.86. The first-order valence-electron chi connectivity index (χ1n) is 8.07. The highest BCUT2D eigenvalue weighted by Gasteiger charge is 2.30. The summed E-state index contributed by atoms with van der Waals surface area (Å²) in [5, 5.41) is 4.41. The lowest BCUT2D eigenvalue weighted by Crippen LogP contribution is -2.11. The molecule has 2 aromatic carbocycles. The average molecular weight is 391 g/mol. The van der Waals surface area contributed by atoms with Crippen LogP contribution >= 0.6 is 11.3 Å². The van der Waals surface area contributed by atoms with Gasteiger partial charge in [0.25, 0.3) is 5.91 Å². The standard InChI is InChI=1S/C20H16F3NO2S/c1-13-3-2-4-17(9-13)26-11-14-10-18(27-12-14)19(25)24-16-7-5-15(6-8-16)20(21,22)23/h2-10,12H,11H2,1H3,(H,24,25). The van der Waals surface area contributed by atoms with E-state index in [9.17, 15) is 18.0 Å². The largest absolute Gasteiger partial charge is 0.489 e. The fourth-order valence-corrected chi connectivity index (χ4v) is 3.17. The number of halogens is 3. The zero-order chi connectivity index (χ0) is 19.4. The van der Waals surface area contributed by atoms with Crippen LogP contribution < -0.4 is 10.1 Å². The molecule has 1 heterocycles. The summed E-state index contributed by atoms with van der Waals surface area (Å²) < 4.78 is 43.4. The minimum absolute atomic E-state index is 0.305. The van der Waals surface area contributed by atoms with Gasteiger partial charge in [0.2, 0.25) is 0 Å². The monoisotopic (exact) mass is 391 g/mol. The molecule has 0 unspecified atom stereocenters. The number of amides is 1. The number of ether oxygens (including phenoxy) is 1. The quantitative estimate of drug-likeness (QED) is 0.587. The van der Waals surface area contributed by atoms with Crippen LogP contribution in [0.2, 0.25) is 0 Å². The Morgan fingerprint density at radius 2 is 1.85 bits per heavy atom. The summed E-state index contributed by atoms with van der Waals surface area (Å²) in [6.07, 6.45) is -4.40. The molecule has 7 heteroatoms. The summed E-state index contributed by atoms with van der Waals surface area (Å²) in [6.45, 7) is 2.30. The number of hydrogen-bond acceptors (Lipinski definition) is 3. The number of nitrogens with one attached hydrogen (secondary N) is 1. The number of carbonyl (C=O) groups excluding carboxylic acids is 1. The molecule has 3 aromatic rings. The van der Waals surface area contributed by atoms with E-state index in [1.54, 1.807) is 6.07 Å². The van der Waals surface area contributed by atoms with Crippen molar-refractivity contribution in [3.8, 4) is 5.75 Å². The number of hydrogen-bond donors (Lipinski definition) is 1. The molecule has 1 N–H and O–H groups in total. The van der Waals surface area contributed by atoms with Gasteiger partial charge < -0.3 is 10.1 Å². The Labute approximate surface area is 158 Å². The third-order valence-corrected chi connectivity index (χ3v) is 4.72. The predicted octanol–water partition coefficient (Wildman–Crippen LogP) is 5.91. The maximum atomic E-state index is 12.6. The summed E-state index contributed by atoms with van der Waals surface area (Å²) in [4.78, 5) is 12.7. The topological polar surface area (TPSA) is 38.3 Å². The minimum Gasteiger partial charge on any atom is -0.489 e. The SMILES string of the molecule is Cc1cccc(OCc2csc(C(=O)Nc3ccc(C(F)(F)F)cc3)c2)c1. The number of benzene rings is 2. The molecular formula is C20H16F3NO2S. The molecule has 1 aromatic heterocycles. The smallest absolute Gasteiger partial charge is 0.416 e. The van der Waals surface area contributed by atoms with Gasteiger partial charge in [0.15, 0.2) is 0 Å². The fraction of sp³-hybridized carbons (Fsp3) is 0.150. The van der Waals surface area contributed by atoms with Crippen molar-refractivity contribution < 1.29 is 22.7 Å². The molecule has 0 aliphatic carbocycles. The molecular weight excluding hydrogens is 375 g/mol. The van der Waals surface area contributed by atoms with E-state index in [0.717, 1.165) is 29.0 Å². The van der Waals surface area contributed by atoms with Crippen molar-refractivity contribution in [1.29, 1.82) is 0 Å². The molecule has 3 rings (SSSR count). The molecule has 0 atom stereocenters. The normalized spacial score (nSPS) is 11.3. The van der Waals surface area contributed by atoms with Gasteiger partial charge in [-0.2, -0.15) is 13.2 Å². The summed E-state index contributed by atoms with van der Waals surface area (Å²) in [5.74, 6) is 0.374. The van der Waals surface area contributed by atoms with Gasteiger partial charge in [-0.15, -0.1) is 11.3 Å². The number of rotatable bonds is 5. The van der Waals surface area contributed by atoms with Crippen LogP contribution in [0.25, 0.3) is 0 Å². The van der Waals surface area contributed by atoms with Gasteiger partial charge in [-0.05, 0) is 60.3 Å². The van der Waals surface area contributed by atoms with Gasteiger partial charge >= 0.3 is 6.18 Å². The molecule has 3 nitrogen and oxygen atoms in total. The van der Waals surface area contributed by atoms with Gasteiger partial charge in [-0.3, -0.25) is 4.79 Å². The third kappa shape index (κ3) is 5.10. The molecule has 0 bridgehead atoms. The zero-order valence-electron chi connectivity index (χ0n) is 14.3. The third-order valence-electron chi connectivity index (χ3n) is 3.74. The van der Waals surface area contributed by atoms with Gasteiger partial charge in [0.05, 0.1) is 10.4 Å². The molecule has 140 valence electrons. The number of aryl methyl sites for hydroxylation is 1. The zero-order valence-corrected chi connectivity index (χ0v) is 15.2. The molecule has 1 amide bonds. The van der Waals surface area contributed by atoms with Crippen LogP contribution in [0.4, 0.5) is 18.9 Å². The van der Waals surface area contributed by atoms with Gasteiger partial charge in [-0.1, -0.05) is 12.1 Å². The lowest BCUT2D eigenvalue weighted by atomic mass is 10.2. The first-order chi connectivity index (χ1) is 12.8. The maximum absolute atomic E-state index is 12.6. The lowest BCUT2D eigenvalue weighted by Gasteiger charge is -2.08. The van der Waals surface area contributed by atoms with E-state index in [0.29, 0.717) is 17.2 Å². The van der Waals surface area contributed by atoms with Crippen LogP contribution in [0.15, 0.2) is 60.0 Å². The van der Waals surface area contributed by atoms with Crippen LogP contribution in [0.5, 0.6) is 5.75 Å². The number of carbonyl (C=O) groups is 1. The second kappa shape index (κ2) is 7.84.